The molecular weight excluding hydrogens is 190 g/mol. The van der Waals surface area contributed by atoms with Gasteiger partial charge < -0.3 is 0 Å². The number of hydrogen-bond donors (Lipinski definition) is 0. The molecule has 1 saturated carbocycles. The number of likely N-dealkylation sites (tertiary alicyclic amines) is 1. The number of piperidine rings is 1. The molecule has 0 aromatic heterocycles. The molecule has 1 saturated heterocycles. The van der Waals surface area contributed by atoms with Crippen LogP contribution in [0.1, 0.15) is 13.3 Å². The molecule has 2 fully saturated rings. The van der Waals surface area contributed by atoms with Gasteiger partial charge in [0.1, 0.15) is 0 Å². The molecule has 4 heteroatoms. The van der Waals surface area contributed by atoms with Crippen LogP contribution in [0.15, 0.2) is 0 Å². The van der Waals surface area contributed by atoms with Crippen LogP contribution in [0.5, 0.6) is 0 Å². The van der Waals surface area contributed by atoms with E-state index in [1.807, 2.05) is 6.92 Å². The van der Waals surface area contributed by atoms with Crippen LogP contribution in [0, 0.1) is 17.8 Å². The summed E-state index contributed by atoms with van der Waals surface area (Å²) < 4.78 is 0. The van der Waals surface area contributed by atoms with E-state index >= 15 is 0 Å². The smallest absolute Gasteiger partial charge is 0.233 e. The van der Waals surface area contributed by atoms with E-state index in [-0.39, 0.29) is 29.6 Å². The van der Waals surface area contributed by atoms with Gasteiger partial charge in [-0.2, -0.15) is 0 Å². The Balaban J connectivity index is 2.00. The summed E-state index contributed by atoms with van der Waals surface area (Å²) in [6.07, 6.45) is 0.781. The average molecular weight is 202 g/mol. The van der Waals surface area contributed by atoms with Gasteiger partial charge >= 0.3 is 0 Å². The van der Waals surface area contributed by atoms with Crippen LogP contribution in [-0.4, -0.2) is 29.1 Å². The van der Waals surface area contributed by atoms with Crippen LogP contribution in [0.25, 0.3) is 0 Å². The number of carbonyl (C=O) groups is 2. The number of nitrogens with zero attached hydrogens (tertiary/aromatic N) is 1. The first-order valence-corrected chi connectivity index (χ1v) is 5.09. The Bertz CT molecular complexity index is 246. The first-order chi connectivity index (χ1) is 6.15. The van der Waals surface area contributed by atoms with E-state index in [1.165, 1.54) is 4.90 Å². The molecular formula is C9H12ClNO2. The molecule has 0 aromatic rings. The summed E-state index contributed by atoms with van der Waals surface area (Å²) in [5.41, 5.74) is 0. The third kappa shape index (κ3) is 1.35. The van der Waals surface area contributed by atoms with Gasteiger partial charge in [-0.25, -0.2) is 0 Å². The Hall–Kier alpha value is -0.570. The Morgan fingerprint density at radius 3 is 2.46 bits per heavy atom. The molecule has 2 rings (SSSR count). The highest BCUT2D eigenvalue weighted by molar-refractivity contribution is 6.18. The lowest BCUT2D eigenvalue weighted by atomic mass is 10.2. The fraction of sp³-hybridized carbons (Fsp3) is 0.778. The molecule has 2 aliphatic rings. The highest BCUT2D eigenvalue weighted by atomic mass is 35.5. The van der Waals surface area contributed by atoms with Crippen LogP contribution in [0.3, 0.4) is 0 Å². The summed E-state index contributed by atoms with van der Waals surface area (Å²) in [4.78, 5) is 24.3. The van der Waals surface area contributed by atoms with Crippen molar-refractivity contribution in [2.45, 2.75) is 13.3 Å². The molecule has 0 aromatic carbocycles. The first kappa shape index (κ1) is 9.00. The monoisotopic (exact) mass is 201 g/mol. The second-order valence-corrected chi connectivity index (χ2v) is 4.30. The van der Waals surface area contributed by atoms with Crippen LogP contribution >= 0.6 is 11.6 Å². The molecule has 3 nitrogen and oxygen atoms in total. The van der Waals surface area contributed by atoms with E-state index in [2.05, 4.69) is 0 Å². The largest absolute Gasteiger partial charge is 0.282 e. The van der Waals surface area contributed by atoms with Crippen molar-refractivity contribution in [2.24, 2.45) is 17.8 Å². The van der Waals surface area contributed by atoms with E-state index in [4.69, 9.17) is 11.6 Å². The van der Waals surface area contributed by atoms with Gasteiger partial charge in [0, 0.05) is 12.4 Å². The molecule has 13 heavy (non-hydrogen) atoms. The third-order valence-electron chi connectivity index (χ3n) is 2.71. The quantitative estimate of drug-likeness (QED) is 0.502. The van der Waals surface area contributed by atoms with Crippen LogP contribution in [0.2, 0.25) is 0 Å². The highest BCUT2D eigenvalue weighted by Crippen LogP contribution is 2.47. The minimum atomic E-state index is 0.0203. The zero-order valence-electron chi connectivity index (χ0n) is 7.50. The second kappa shape index (κ2) is 2.98. The maximum Gasteiger partial charge on any atom is 0.233 e. The van der Waals surface area contributed by atoms with Crippen LogP contribution in [-0.2, 0) is 9.59 Å². The fourth-order valence-electron chi connectivity index (χ4n) is 1.79. The Morgan fingerprint density at radius 2 is 2.00 bits per heavy atom. The van der Waals surface area contributed by atoms with Crippen molar-refractivity contribution in [1.29, 1.82) is 0 Å². The number of amides is 2. The zero-order valence-corrected chi connectivity index (χ0v) is 8.25. The SMILES string of the molecule is CC(CCl)CN1C(=O)C2CC2C1=O. The summed E-state index contributed by atoms with van der Waals surface area (Å²) in [6.45, 7) is 2.44. The lowest BCUT2D eigenvalue weighted by Gasteiger charge is -2.19. The van der Waals surface area contributed by atoms with Gasteiger partial charge in [-0.1, -0.05) is 6.92 Å². The maximum absolute atomic E-state index is 11.5. The number of halogens is 1. The number of alkyl halides is 1. The normalized spacial score (nSPS) is 33.5. The lowest BCUT2D eigenvalue weighted by Crippen LogP contribution is -2.36. The summed E-state index contributed by atoms with van der Waals surface area (Å²) in [6, 6.07) is 0. The molecule has 0 bridgehead atoms. The maximum atomic E-state index is 11.5. The van der Waals surface area contributed by atoms with Crippen molar-refractivity contribution in [1.82, 2.24) is 4.90 Å². The number of imide groups is 1. The number of hydrogen-bond acceptors (Lipinski definition) is 2. The fourth-order valence-corrected chi connectivity index (χ4v) is 1.89. The summed E-state index contributed by atoms with van der Waals surface area (Å²) >= 11 is 5.62. The van der Waals surface area contributed by atoms with E-state index in [0.717, 1.165) is 6.42 Å². The van der Waals surface area contributed by atoms with Crippen LogP contribution < -0.4 is 0 Å². The summed E-state index contributed by atoms with van der Waals surface area (Å²) in [5, 5.41) is 0. The van der Waals surface area contributed by atoms with Crippen molar-refractivity contribution in [3.8, 4) is 0 Å². The predicted molar refractivity (Wildman–Crippen MR) is 48.2 cm³/mol. The Morgan fingerprint density at radius 1 is 1.46 bits per heavy atom. The van der Waals surface area contributed by atoms with E-state index in [1.54, 1.807) is 0 Å². The molecule has 72 valence electrons. The Kier molecular flexibility index (Phi) is 2.06. The minimum absolute atomic E-state index is 0.0203. The van der Waals surface area contributed by atoms with Crippen molar-refractivity contribution < 1.29 is 9.59 Å². The first-order valence-electron chi connectivity index (χ1n) is 4.56. The molecule has 1 aliphatic carbocycles. The van der Waals surface area contributed by atoms with Crippen LogP contribution in [0.4, 0.5) is 0 Å². The zero-order chi connectivity index (χ0) is 9.59. The standard InChI is InChI=1S/C9H12ClNO2/c1-5(3-10)4-11-8(12)6-2-7(6)9(11)13/h5-7H,2-4H2,1H3. The number of rotatable bonds is 3. The molecule has 0 spiro atoms. The van der Waals surface area contributed by atoms with E-state index in [0.29, 0.717) is 12.4 Å². The van der Waals surface area contributed by atoms with Crippen molar-refractivity contribution in [3.05, 3.63) is 0 Å². The average Bonchev–Trinajstić information content (AvgIpc) is 2.86. The third-order valence-corrected chi connectivity index (χ3v) is 3.24. The van der Waals surface area contributed by atoms with Gasteiger partial charge in [-0.3, -0.25) is 14.5 Å². The number of carbonyl (C=O) groups excluding carboxylic acids is 2. The van der Waals surface area contributed by atoms with Gasteiger partial charge in [0.25, 0.3) is 0 Å². The van der Waals surface area contributed by atoms with Crippen molar-refractivity contribution in [3.63, 3.8) is 0 Å². The van der Waals surface area contributed by atoms with Gasteiger partial charge in [-0.15, -0.1) is 11.6 Å². The van der Waals surface area contributed by atoms with Crippen molar-refractivity contribution >= 4 is 23.4 Å². The molecule has 2 amide bonds. The lowest BCUT2D eigenvalue weighted by molar-refractivity contribution is -0.141. The van der Waals surface area contributed by atoms with Gasteiger partial charge in [-0.05, 0) is 12.3 Å². The molecule has 1 heterocycles. The van der Waals surface area contributed by atoms with Gasteiger partial charge in [0.2, 0.25) is 11.8 Å². The second-order valence-electron chi connectivity index (χ2n) is 4.00. The highest BCUT2D eigenvalue weighted by Gasteiger charge is 2.58. The molecule has 1 aliphatic heterocycles. The molecule has 0 N–H and O–H groups in total. The predicted octanol–water partition coefficient (Wildman–Crippen LogP) is 0.866. The van der Waals surface area contributed by atoms with Gasteiger partial charge in [0.05, 0.1) is 11.8 Å². The molecule has 0 radical (unpaired) electrons. The van der Waals surface area contributed by atoms with Gasteiger partial charge in [0.15, 0.2) is 0 Å². The van der Waals surface area contributed by atoms with E-state index < -0.39 is 0 Å². The topological polar surface area (TPSA) is 37.4 Å². The molecule has 3 atom stereocenters. The van der Waals surface area contributed by atoms with E-state index in [9.17, 15) is 9.59 Å². The minimum Gasteiger partial charge on any atom is -0.282 e. The molecule has 3 unspecified atom stereocenters. The summed E-state index contributed by atoms with van der Waals surface area (Å²) in [5.74, 6) is 0.780. The summed E-state index contributed by atoms with van der Waals surface area (Å²) in [7, 11) is 0. The number of fused-ring (bicyclic) bond motifs is 1. The Labute approximate surface area is 82.0 Å². The van der Waals surface area contributed by atoms with Crippen molar-refractivity contribution in [2.75, 3.05) is 12.4 Å².